The van der Waals surface area contributed by atoms with Gasteiger partial charge >= 0.3 is 11.9 Å². The number of rotatable bonds is 5. The summed E-state index contributed by atoms with van der Waals surface area (Å²) in [7, 11) is 0. The Morgan fingerprint density at radius 3 is 2.05 bits per heavy atom. The Morgan fingerprint density at radius 2 is 1.62 bits per heavy atom. The number of H-pyrrole nitrogens is 1. The molecule has 0 aliphatic heterocycles. The average molecular weight is 288 g/mol. The van der Waals surface area contributed by atoms with Crippen LogP contribution in [0.5, 0.6) is 0 Å². The molecule has 0 bridgehead atoms. The van der Waals surface area contributed by atoms with Gasteiger partial charge in [0.2, 0.25) is 0 Å². The van der Waals surface area contributed by atoms with Gasteiger partial charge in [0.05, 0.1) is 24.3 Å². The van der Waals surface area contributed by atoms with Gasteiger partial charge in [-0.1, -0.05) is 0 Å². The molecule has 2 aromatic rings. The molecule has 1 aromatic carbocycles. The molecule has 0 fully saturated rings. The minimum Gasteiger partial charge on any atom is -0.462 e. The molecular formula is C15H16N2O4. The van der Waals surface area contributed by atoms with Crippen LogP contribution in [0.1, 0.15) is 34.6 Å². The van der Waals surface area contributed by atoms with Crippen molar-refractivity contribution in [1.82, 2.24) is 9.97 Å². The first-order valence-electron chi connectivity index (χ1n) is 6.64. The number of benzene rings is 1. The van der Waals surface area contributed by atoms with Gasteiger partial charge in [-0.2, -0.15) is 0 Å². The zero-order valence-corrected chi connectivity index (χ0v) is 11.9. The van der Waals surface area contributed by atoms with Gasteiger partial charge in [-0.25, -0.2) is 14.6 Å². The van der Waals surface area contributed by atoms with Gasteiger partial charge in [-0.3, -0.25) is 0 Å². The topological polar surface area (TPSA) is 81.3 Å². The van der Waals surface area contributed by atoms with Crippen molar-refractivity contribution in [2.24, 2.45) is 0 Å². The van der Waals surface area contributed by atoms with E-state index in [0.29, 0.717) is 11.4 Å². The number of aromatic amines is 1. The highest BCUT2D eigenvalue weighted by Crippen LogP contribution is 2.20. The predicted molar refractivity (Wildman–Crippen MR) is 75.9 cm³/mol. The number of esters is 2. The summed E-state index contributed by atoms with van der Waals surface area (Å²) >= 11 is 0. The maximum Gasteiger partial charge on any atom is 0.338 e. The molecule has 0 atom stereocenters. The van der Waals surface area contributed by atoms with Gasteiger partial charge in [0, 0.05) is 18.0 Å². The molecule has 0 saturated heterocycles. The second kappa shape index (κ2) is 6.69. The third kappa shape index (κ3) is 3.47. The number of nitrogens with zero attached hydrogens (tertiary/aromatic N) is 1. The maximum atomic E-state index is 11.9. The van der Waals surface area contributed by atoms with Crippen molar-refractivity contribution in [2.75, 3.05) is 13.2 Å². The minimum atomic E-state index is -0.489. The monoisotopic (exact) mass is 288 g/mol. The average Bonchev–Trinajstić information content (AvgIpc) is 3.01. The highest BCUT2D eigenvalue weighted by Gasteiger charge is 2.16. The van der Waals surface area contributed by atoms with Gasteiger partial charge in [0.25, 0.3) is 0 Å². The Bertz CT molecular complexity index is 599. The van der Waals surface area contributed by atoms with Crippen LogP contribution in [-0.4, -0.2) is 35.1 Å². The van der Waals surface area contributed by atoms with Crippen molar-refractivity contribution in [1.29, 1.82) is 0 Å². The smallest absolute Gasteiger partial charge is 0.338 e. The van der Waals surface area contributed by atoms with Crippen molar-refractivity contribution in [3.05, 3.63) is 41.7 Å². The van der Waals surface area contributed by atoms with E-state index < -0.39 is 11.9 Å². The first-order chi connectivity index (χ1) is 10.2. The maximum absolute atomic E-state index is 11.9. The third-order valence-corrected chi connectivity index (χ3v) is 2.73. The minimum absolute atomic E-state index is 0.262. The highest BCUT2D eigenvalue weighted by molar-refractivity contribution is 5.97. The van der Waals surface area contributed by atoms with Gasteiger partial charge in [-0.05, 0) is 32.0 Å². The number of carbonyl (C=O) groups excluding carboxylic acids is 2. The zero-order chi connectivity index (χ0) is 15.2. The second-order valence-corrected chi connectivity index (χ2v) is 4.18. The molecule has 0 amide bonds. The van der Waals surface area contributed by atoms with Crippen molar-refractivity contribution < 1.29 is 19.1 Å². The number of aromatic nitrogens is 2. The van der Waals surface area contributed by atoms with Gasteiger partial charge in [-0.15, -0.1) is 0 Å². The Morgan fingerprint density at radius 1 is 1.05 bits per heavy atom. The van der Waals surface area contributed by atoms with E-state index in [1.165, 1.54) is 6.07 Å². The molecule has 1 aromatic heterocycles. The lowest BCUT2D eigenvalue weighted by atomic mass is 10.1. The van der Waals surface area contributed by atoms with E-state index in [2.05, 4.69) is 9.97 Å². The standard InChI is InChI=1S/C15H16N2O4/c1-3-20-14(18)11-7-10(13-16-5-6-17-13)8-12(9-11)15(19)21-4-2/h5-9H,3-4H2,1-2H3,(H,16,17). The van der Waals surface area contributed by atoms with Crippen LogP contribution in [0.3, 0.4) is 0 Å². The van der Waals surface area contributed by atoms with Crippen molar-refractivity contribution in [2.45, 2.75) is 13.8 Å². The number of nitrogens with one attached hydrogen (secondary N) is 1. The van der Waals surface area contributed by atoms with E-state index in [9.17, 15) is 9.59 Å². The molecule has 6 heteroatoms. The van der Waals surface area contributed by atoms with Crippen LogP contribution < -0.4 is 0 Å². The molecule has 0 spiro atoms. The highest BCUT2D eigenvalue weighted by atomic mass is 16.5. The van der Waals surface area contributed by atoms with Gasteiger partial charge < -0.3 is 14.5 Å². The normalized spacial score (nSPS) is 10.2. The molecule has 1 heterocycles. The van der Waals surface area contributed by atoms with Crippen LogP contribution in [0.4, 0.5) is 0 Å². The Kier molecular flexibility index (Phi) is 4.71. The van der Waals surface area contributed by atoms with Crippen LogP contribution >= 0.6 is 0 Å². The predicted octanol–water partition coefficient (Wildman–Crippen LogP) is 2.43. The molecule has 0 saturated carbocycles. The molecule has 2 rings (SSSR count). The van der Waals surface area contributed by atoms with Crippen LogP contribution in [0.25, 0.3) is 11.4 Å². The lowest BCUT2D eigenvalue weighted by Crippen LogP contribution is -2.09. The summed E-state index contributed by atoms with van der Waals surface area (Å²) in [6.07, 6.45) is 3.26. The van der Waals surface area contributed by atoms with Crippen molar-refractivity contribution in [3.8, 4) is 11.4 Å². The second-order valence-electron chi connectivity index (χ2n) is 4.18. The van der Waals surface area contributed by atoms with E-state index in [0.717, 1.165) is 0 Å². The molecule has 0 radical (unpaired) electrons. The summed E-state index contributed by atoms with van der Waals surface area (Å²) in [4.78, 5) is 30.8. The largest absolute Gasteiger partial charge is 0.462 e. The molecule has 0 unspecified atom stereocenters. The third-order valence-electron chi connectivity index (χ3n) is 2.73. The molecular weight excluding hydrogens is 272 g/mol. The molecule has 0 aliphatic carbocycles. The van der Waals surface area contributed by atoms with E-state index >= 15 is 0 Å². The Balaban J connectivity index is 2.46. The summed E-state index contributed by atoms with van der Waals surface area (Å²) < 4.78 is 9.95. The van der Waals surface area contributed by atoms with Crippen molar-refractivity contribution >= 4 is 11.9 Å². The van der Waals surface area contributed by atoms with Gasteiger partial charge in [0.15, 0.2) is 0 Å². The number of hydrogen-bond acceptors (Lipinski definition) is 5. The fraction of sp³-hybridized carbons (Fsp3) is 0.267. The molecule has 0 aliphatic rings. The number of ether oxygens (including phenoxy) is 2. The van der Waals surface area contributed by atoms with Crippen LogP contribution in [0.2, 0.25) is 0 Å². The number of carbonyl (C=O) groups is 2. The van der Waals surface area contributed by atoms with Crippen LogP contribution in [-0.2, 0) is 9.47 Å². The number of hydrogen-bond donors (Lipinski definition) is 1. The molecule has 6 nitrogen and oxygen atoms in total. The Hall–Kier alpha value is -2.63. The first-order valence-corrected chi connectivity index (χ1v) is 6.64. The summed E-state index contributed by atoms with van der Waals surface area (Å²) in [6.45, 7) is 3.97. The fourth-order valence-corrected chi connectivity index (χ4v) is 1.85. The summed E-state index contributed by atoms with van der Waals surface area (Å²) in [5, 5.41) is 0. The van der Waals surface area contributed by atoms with E-state index in [-0.39, 0.29) is 24.3 Å². The fourth-order valence-electron chi connectivity index (χ4n) is 1.85. The van der Waals surface area contributed by atoms with Gasteiger partial charge in [0.1, 0.15) is 5.82 Å². The number of imidazole rings is 1. The zero-order valence-electron chi connectivity index (χ0n) is 11.9. The van der Waals surface area contributed by atoms with Crippen molar-refractivity contribution in [3.63, 3.8) is 0 Å². The molecule has 1 N–H and O–H groups in total. The lowest BCUT2D eigenvalue weighted by Gasteiger charge is -2.08. The lowest BCUT2D eigenvalue weighted by molar-refractivity contribution is 0.0525. The molecule has 110 valence electrons. The summed E-state index contributed by atoms with van der Waals surface area (Å²) in [6, 6.07) is 4.71. The van der Waals surface area contributed by atoms with Crippen LogP contribution in [0, 0.1) is 0 Å². The SMILES string of the molecule is CCOC(=O)c1cc(C(=O)OCC)cc(-c2ncc[nH]2)c1. The summed E-state index contributed by atoms with van der Waals surface area (Å²) in [5.74, 6) is -0.417. The van der Waals surface area contributed by atoms with E-state index in [4.69, 9.17) is 9.47 Å². The van der Waals surface area contributed by atoms with E-state index in [1.54, 1.807) is 38.4 Å². The first kappa shape index (κ1) is 14.8. The van der Waals surface area contributed by atoms with Crippen LogP contribution in [0.15, 0.2) is 30.6 Å². The quantitative estimate of drug-likeness (QED) is 0.854. The summed E-state index contributed by atoms with van der Waals surface area (Å²) in [5.41, 5.74) is 1.19. The molecule has 21 heavy (non-hydrogen) atoms. The Labute approximate surface area is 122 Å². The van der Waals surface area contributed by atoms with E-state index in [1.807, 2.05) is 0 Å².